The normalized spacial score (nSPS) is 14.8. The van der Waals surface area contributed by atoms with Crippen LogP contribution in [0, 0.1) is 5.92 Å². The second-order valence-corrected chi connectivity index (χ2v) is 6.85. The smallest absolute Gasteiger partial charge is 0.243 e. The van der Waals surface area contributed by atoms with E-state index in [-0.39, 0.29) is 12.5 Å². The fourth-order valence-corrected chi connectivity index (χ4v) is 3.12. The summed E-state index contributed by atoms with van der Waals surface area (Å²) in [6.45, 7) is 4.80. The molecule has 3 rings (SSSR count). The number of carbonyl (C=O) groups excluding carboxylic acids is 1. The zero-order valence-electron chi connectivity index (χ0n) is 15.5. The molecule has 0 atom stereocenters. The summed E-state index contributed by atoms with van der Waals surface area (Å²) in [5.41, 5.74) is 2.96. The average Bonchev–Trinajstić information content (AvgIpc) is 2.68. The molecule has 0 unspecified atom stereocenters. The van der Waals surface area contributed by atoms with E-state index in [1.165, 1.54) is 18.5 Å². The number of amides is 1. The third kappa shape index (κ3) is 4.91. The lowest BCUT2D eigenvalue weighted by molar-refractivity contribution is -0.114. The monoisotopic (exact) mass is 353 g/mol. The molecule has 0 spiro atoms. The van der Waals surface area contributed by atoms with Gasteiger partial charge in [0, 0.05) is 30.2 Å². The van der Waals surface area contributed by atoms with Crippen LogP contribution in [0.4, 0.5) is 17.1 Å². The lowest BCUT2D eigenvalue weighted by Crippen LogP contribution is -2.32. The van der Waals surface area contributed by atoms with E-state index >= 15 is 0 Å². The van der Waals surface area contributed by atoms with E-state index < -0.39 is 0 Å². The number of nitrogens with zero attached hydrogens (tertiary/aromatic N) is 1. The summed E-state index contributed by atoms with van der Waals surface area (Å²) in [4.78, 5) is 14.5. The van der Waals surface area contributed by atoms with Crippen molar-refractivity contribution in [3.63, 3.8) is 0 Å². The van der Waals surface area contributed by atoms with Gasteiger partial charge in [-0.2, -0.15) is 0 Å². The summed E-state index contributed by atoms with van der Waals surface area (Å²) in [6.07, 6.45) is 2.51. The number of nitrogens with one attached hydrogen (secondary N) is 2. The van der Waals surface area contributed by atoms with Crippen LogP contribution in [0.3, 0.4) is 0 Å². The molecule has 0 bridgehead atoms. The van der Waals surface area contributed by atoms with Crippen molar-refractivity contribution in [1.82, 2.24) is 0 Å². The molecule has 2 aromatic rings. The van der Waals surface area contributed by atoms with Gasteiger partial charge >= 0.3 is 0 Å². The van der Waals surface area contributed by atoms with Crippen LogP contribution in [0.5, 0.6) is 5.75 Å². The highest BCUT2D eigenvalue weighted by atomic mass is 16.5. The van der Waals surface area contributed by atoms with Crippen molar-refractivity contribution < 1.29 is 9.53 Å². The number of hydrogen-bond donors (Lipinski definition) is 2. The predicted octanol–water partition coefficient (Wildman–Crippen LogP) is 3.98. The Labute approximate surface area is 155 Å². The molecule has 0 aliphatic carbocycles. The first kappa shape index (κ1) is 18.1. The van der Waals surface area contributed by atoms with Crippen molar-refractivity contribution in [2.45, 2.75) is 19.8 Å². The third-order valence-corrected chi connectivity index (χ3v) is 4.84. The van der Waals surface area contributed by atoms with Crippen molar-refractivity contribution in [2.75, 3.05) is 42.3 Å². The quantitative estimate of drug-likeness (QED) is 0.825. The molecule has 1 heterocycles. The number of hydrogen-bond acceptors (Lipinski definition) is 4. The van der Waals surface area contributed by atoms with Crippen LogP contribution in [0.1, 0.15) is 19.8 Å². The zero-order chi connectivity index (χ0) is 18.4. The zero-order valence-corrected chi connectivity index (χ0v) is 15.5. The molecule has 26 heavy (non-hydrogen) atoms. The van der Waals surface area contributed by atoms with Gasteiger partial charge in [0.2, 0.25) is 5.91 Å². The third-order valence-electron chi connectivity index (χ3n) is 4.84. The van der Waals surface area contributed by atoms with Crippen LogP contribution >= 0.6 is 0 Å². The minimum absolute atomic E-state index is 0.0794. The molecule has 2 N–H and O–H groups in total. The molecule has 138 valence electrons. The van der Waals surface area contributed by atoms with Gasteiger partial charge in [0.1, 0.15) is 5.75 Å². The van der Waals surface area contributed by atoms with Gasteiger partial charge in [0.05, 0.1) is 13.7 Å². The minimum atomic E-state index is -0.0794. The van der Waals surface area contributed by atoms with Crippen LogP contribution in [-0.4, -0.2) is 32.7 Å². The van der Waals surface area contributed by atoms with E-state index in [0.29, 0.717) is 0 Å². The maximum atomic E-state index is 12.1. The SMILES string of the molecule is COc1ccc(NC(=O)CNc2ccc(N3CCC(C)CC3)cc2)cc1. The Balaban J connectivity index is 1.47. The number of rotatable bonds is 6. The summed E-state index contributed by atoms with van der Waals surface area (Å²) < 4.78 is 5.11. The maximum absolute atomic E-state index is 12.1. The highest BCUT2D eigenvalue weighted by Gasteiger charge is 2.15. The molecule has 0 aromatic heterocycles. The summed E-state index contributed by atoms with van der Waals surface area (Å²) >= 11 is 0. The first-order valence-corrected chi connectivity index (χ1v) is 9.17. The number of methoxy groups -OCH3 is 1. The van der Waals surface area contributed by atoms with Gasteiger partial charge in [-0.1, -0.05) is 6.92 Å². The molecule has 2 aromatic carbocycles. The lowest BCUT2D eigenvalue weighted by atomic mass is 9.99. The van der Waals surface area contributed by atoms with Gasteiger partial charge in [0.25, 0.3) is 0 Å². The van der Waals surface area contributed by atoms with Crippen LogP contribution in [0.15, 0.2) is 48.5 Å². The van der Waals surface area contributed by atoms with Gasteiger partial charge in [-0.25, -0.2) is 0 Å². The number of benzene rings is 2. The Morgan fingerprint density at radius 2 is 1.65 bits per heavy atom. The number of ether oxygens (including phenoxy) is 1. The Bertz CT molecular complexity index is 705. The average molecular weight is 353 g/mol. The standard InChI is InChI=1S/C21H27N3O2/c1-16-11-13-24(14-12-16)19-7-3-17(4-8-19)22-15-21(25)23-18-5-9-20(26-2)10-6-18/h3-10,16,22H,11-15H2,1-2H3,(H,23,25). The number of piperidine rings is 1. The van der Waals surface area contributed by atoms with Crippen molar-refractivity contribution in [2.24, 2.45) is 5.92 Å². The van der Waals surface area contributed by atoms with Crippen molar-refractivity contribution >= 4 is 23.0 Å². The molecule has 1 aliphatic heterocycles. The second-order valence-electron chi connectivity index (χ2n) is 6.85. The highest BCUT2D eigenvalue weighted by Crippen LogP contribution is 2.24. The van der Waals surface area contributed by atoms with E-state index in [9.17, 15) is 4.79 Å². The van der Waals surface area contributed by atoms with E-state index in [4.69, 9.17) is 4.74 Å². The molecule has 1 aliphatic rings. The maximum Gasteiger partial charge on any atom is 0.243 e. The van der Waals surface area contributed by atoms with E-state index in [1.54, 1.807) is 7.11 Å². The Morgan fingerprint density at radius 1 is 1.04 bits per heavy atom. The van der Waals surface area contributed by atoms with Crippen LogP contribution in [0.25, 0.3) is 0 Å². The summed E-state index contributed by atoms with van der Waals surface area (Å²) in [6, 6.07) is 15.6. The van der Waals surface area contributed by atoms with Gasteiger partial charge in [0.15, 0.2) is 0 Å². The number of carbonyl (C=O) groups is 1. The highest BCUT2D eigenvalue weighted by molar-refractivity contribution is 5.93. The predicted molar refractivity (Wildman–Crippen MR) is 107 cm³/mol. The summed E-state index contributed by atoms with van der Waals surface area (Å²) in [5.74, 6) is 1.52. The fraction of sp³-hybridized carbons (Fsp3) is 0.381. The van der Waals surface area contributed by atoms with E-state index in [1.807, 2.05) is 36.4 Å². The molecule has 1 fully saturated rings. The summed E-state index contributed by atoms with van der Waals surface area (Å²) in [5, 5.41) is 6.03. The van der Waals surface area contributed by atoms with E-state index in [2.05, 4.69) is 34.6 Å². The molecular formula is C21H27N3O2. The van der Waals surface area contributed by atoms with Gasteiger partial charge in [-0.3, -0.25) is 4.79 Å². The van der Waals surface area contributed by atoms with Crippen molar-refractivity contribution in [3.8, 4) is 5.75 Å². The first-order valence-electron chi connectivity index (χ1n) is 9.17. The molecule has 1 amide bonds. The molecular weight excluding hydrogens is 326 g/mol. The minimum Gasteiger partial charge on any atom is -0.497 e. The van der Waals surface area contributed by atoms with Crippen molar-refractivity contribution in [3.05, 3.63) is 48.5 Å². The van der Waals surface area contributed by atoms with Crippen LogP contribution in [-0.2, 0) is 4.79 Å². The largest absolute Gasteiger partial charge is 0.497 e. The fourth-order valence-electron chi connectivity index (χ4n) is 3.12. The Hall–Kier alpha value is -2.69. The van der Waals surface area contributed by atoms with Gasteiger partial charge < -0.3 is 20.3 Å². The molecule has 0 radical (unpaired) electrons. The molecule has 1 saturated heterocycles. The Kier molecular flexibility index (Phi) is 6.00. The van der Waals surface area contributed by atoms with Crippen LogP contribution < -0.4 is 20.3 Å². The summed E-state index contributed by atoms with van der Waals surface area (Å²) in [7, 11) is 1.62. The lowest BCUT2D eigenvalue weighted by Gasteiger charge is -2.32. The first-order chi connectivity index (χ1) is 12.6. The van der Waals surface area contributed by atoms with Gasteiger partial charge in [-0.05, 0) is 67.3 Å². The Morgan fingerprint density at radius 3 is 2.27 bits per heavy atom. The number of anilines is 3. The topological polar surface area (TPSA) is 53.6 Å². The van der Waals surface area contributed by atoms with E-state index in [0.717, 1.165) is 36.1 Å². The van der Waals surface area contributed by atoms with Crippen molar-refractivity contribution in [1.29, 1.82) is 0 Å². The molecule has 5 heteroatoms. The van der Waals surface area contributed by atoms with Crippen LogP contribution in [0.2, 0.25) is 0 Å². The second kappa shape index (κ2) is 8.61. The van der Waals surface area contributed by atoms with Gasteiger partial charge in [-0.15, -0.1) is 0 Å². The molecule has 5 nitrogen and oxygen atoms in total. The molecule has 0 saturated carbocycles.